The zero-order chi connectivity index (χ0) is 14.9. The van der Waals surface area contributed by atoms with E-state index in [1.807, 2.05) is 6.92 Å². The molecule has 6 heteroatoms. The molecule has 0 aliphatic carbocycles. The molecule has 1 N–H and O–H groups in total. The fourth-order valence-electron chi connectivity index (χ4n) is 3.24. The zero-order valence-corrected chi connectivity index (χ0v) is 13.1. The first-order chi connectivity index (χ1) is 10.1. The van der Waals surface area contributed by atoms with Gasteiger partial charge in [0, 0.05) is 13.1 Å². The summed E-state index contributed by atoms with van der Waals surface area (Å²) in [7, 11) is -3.38. The summed E-state index contributed by atoms with van der Waals surface area (Å²) in [6.45, 7) is 5.70. The molecule has 2 unspecified atom stereocenters. The number of fused-ring (bicyclic) bond motifs is 1. The summed E-state index contributed by atoms with van der Waals surface area (Å²) in [4.78, 5) is 0.357. The van der Waals surface area contributed by atoms with Gasteiger partial charge in [-0.25, -0.2) is 8.42 Å². The van der Waals surface area contributed by atoms with Gasteiger partial charge in [-0.2, -0.15) is 4.31 Å². The van der Waals surface area contributed by atoms with Crippen LogP contribution in [0.5, 0.6) is 5.75 Å². The van der Waals surface area contributed by atoms with E-state index in [2.05, 4.69) is 5.32 Å². The third-order valence-corrected chi connectivity index (χ3v) is 6.32. The third-order valence-electron chi connectivity index (χ3n) is 4.44. The van der Waals surface area contributed by atoms with Crippen molar-refractivity contribution in [3.63, 3.8) is 0 Å². The molecule has 3 rings (SSSR count). The van der Waals surface area contributed by atoms with Crippen LogP contribution < -0.4 is 10.1 Å². The Morgan fingerprint density at radius 3 is 2.67 bits per heavy atom. The van der Waals surface area contributed by atoms with Gasteiger partial charge in [-0.1, -0.05) is 0 Å². The van der Waals surface area contributed by atoms with E-state index >= 15 is 0 Å². The molecule has 1 aromatic carbocycles. The van der Waals surface area contributed by atoms with Crippen molar-refractivity contribution in [1.29, 1.82) is 0 Å². The lowest BCUT2D eigenvalue weighted by Crippen LogP contribution is -2.43. The molecule has 0 saturated carbocycles. The number of hydrogen-bond acceptors (Lipinski definition) is 4. The summed E-state index contributed by atoms with van der Waals surface area (Å²) in [6, 6.07) is 6.72. The molecule has 0 amide bonds. The summed E-state index contributed by atoms with van der Waals surface area (Å²) in [5.74, 6) is 1.79. The Morgan fingerprint density at radius 1 is 1.24 bits per heavy atom. The average Bonchev–Trinajstić information content (AvgIpc) is 2.95. The summed E-state index contributed by atoms with van der Waals surface area (Å²) >= 11 is 0. The standard InChI is InChI=1S/C15H22N2O3S/c1-2-20-14-3-5-15(6-4-14)21(18,19)17-8-7-12-9-16-10-13(12)11-17/h3-6,12-13,16H,2,7-11H2,1H3. The van der Waals surface area contributed by atoms with Crippen LogP contribution in [0.4, 0.5) is 0 Å². The minimum absolute atomic E-state index is 0.357. The van der Waals surface area contributed by atoms with Gasteiger partial charge in [-0.3, -0.25) is 0 Å². The van der Waals surface area contributed by atoms with Crippen LogP contribution in [0.15, 0.2) is 29.2 Å². The Bertz CT molecular complexity index is 585. The Morgan fingerprint density at radius 2 is 1.95 bits per heavy atom. The van der Waals surface area contributed by atoms with E-state index in [0.717, 1.165) is 19.5 Å². The number of benzene rings is 1. The highest BCUT2D eigenvalue weighted by molar-refractivity contribution is 7.89. The lowest BCUT2D eigenvalue weighted by Gasteiger charge is -2.33. The quantitative estimate of drug-likeness (QED) is 0.911. The molecular weight excluding hydrogens is 288 g/mol. The number of piperidine rings is 1. The normalized spacial score (nSPS) is 26.5. The number of rotatable bonds is 4. The van der Waals surface area contributed by atoms with Crippen LogP contribution in [0, 0.1) is 11.8 Å². The number of nitrogens with one attached hydrogen (secondary N) is 1. The van der Waals surface area contributed by atoms with Gasteiger partial charge in [0.15, 0.2) is 0 Å². The van der Waals surface area contributed by atoms with Crippen LogP contribution >= 0.6 is 0 Å². The average molecular weight is 310 g/mol. The topological polar surface area (TPSA) is 58.6 Å². The molecule has 2 heterocycles. The van der Waals surface area contributed by atoms with E-state index in [1.54, 1.807) is 28.6 Å². The van der Waals surface area contributed by atoms with Crippen molar-refractivity contribution >= 4 is 10.0 Å². The smallest absolute Gasteiger partial charge is 0.243 e. The largest absolute Gasteiger partial charge is 0.494 e. The van der Waals surface area contributed by atoms with Crippen molar-refractivity contribution in [2.24, 2.45) is 11.8 Å². The SMILES string of the molecule is CCOc1ccc(S(=O)(=O)N2CCC3CNCC3C2)cc1. The Labute approximate surface area is 126 Å². The summed E-state index contributed by atoms with van der Waals surface area (Å²) in [5.41, 5.74) is 0. The van der Waals surface area contributed by atoms with Crippen LogP contribution in [0.25, 0.3) is 0 Å². The van der Waals surface area contributed by atoms with Gasteiger partial charge in [-0.05, 0) is 62.5 Å². The highest BCUT2D eigenvalue weighted by Crippen LogP contribution is 2.30. The van der Waals surface area contributed by atoms with Gasteiger partial charge in [0.1, 0.15) is 5.75 Å². The Hall–Kier alpha value is -1.11. The second-order valence-corrected chi connectivity index (χ2v) is 7.67. The molecule has 1 aromatic rings. The van der Waals surface area contributed by atoms with Crippen LogP contribution in [0.1, 0.15) is 13.3 Å². The summed E-state index contributed by atoms with van der Waals surface area (Å²) in [5, 5.41) is 3.36. The number of ether oxygens (including phenoxy) is 1. The lowest BCUT2D eigenvalue weighted by molar-refractivity contribution is 0.228. The van der Waals surface area contributed by atoms with E-state index in [4.69, 9.17) is 4.74 Å². The van der Waals surface area contributed by atoms with E-state index < -0.39 is 10.0 Å². The molecule has 0 aromatic heterocycles. The molecule has 2 fully saturated rings. The molecular formula is C15H22N2O3S. The number of sulfonamides is 1. The van der Waals surface area contributed by atoms with E-state index in [0.29, 0.717) is 42.2 Å². The molecule has 0 bridgehead atoms. The predicted octanol–water partition coefficient (Wildman–Crippen LogP) is 1.32. The van der Waals surface area contributed by atoms with Crippen molar-refractivity contribution in [3.8, 4) is 5.75 Å². The molecule has 0 spiro atoms. The van der Waals surface area contributed by atoms with Crippen LogP contribution in [-0.4, -0.2) is 45.5 Å². The monoisotopic (exact) mass is 310 g/mol. The van der Waals surface area contributed by atoms with Crippen molar-refractivity contribution in [2.75, 3.05) is 32.8 Å². The fourth-order valence-corrected chi connectivity index (χ4v) is 4.76. The first kappa shape index (κ1) is 14.8. The van der Waals surface area contributed by atoms with Crippen LogP contribution in [-0.2, 0) is 10.0 Å². The molecule has 2 saturated heterocycles. The molecule has 2 aliphatic rings. The molecule has 5 nitrogen and oxygen atoms in total. The molecule has 116 valence electrons. The minimum atomic E-state index is -3.38. The molecule has 0 radical (unpaired) electrons. The maximum Gasteiger partial charge on any atom is 0.243 e. The first-order valence-corrected chi connectivity index (χ1v) is 8.99. The van der Waals surface area contributed by atoms with Crippen molar-refractivity contribution in [3.05, 3.63) is 24.3 Å². The maximum atomic E-state index is 12.7. The van der Waals surface area contributed by atoms with E-state index in [1.165, 1.54) is 0 Å². The van der Waals surface area contributed by atoms with E-state index in [-0.39, 0.29) is 0 Å². The third kappa shape index (κ3) is 2.93. The number of hydrogen-bond donors (Lipinski definition) is 1. The fraction of sp³-hybridized carbons (Fsp3) is 0.600. The van der Waals surface area contributed by atoms with Gasteiger partial charge in [0.2, 0.25) is 10.0 Å². The molecule has 2 atom stereocenters. The predicted molar refractivity (Wildman–Crippen MR) is 80.8 cm³/mol. The lowest BCUT2D eigenvalue weighted by atomic mass is 9.90. The molecule has 2 aliphatic heterocycles. The van der Waals surface area contributed by atoms with Gasteiger partial charge in [0.25, 0.3) is 0 Å². The van der Waals surface area contributed by atoms with Gasteiger partial charge < -0.3 is 10.1 Å². The highest BCUT2D eigenvalue weighted by atomic mass is 32.2. The second kappa shape index (κ2) is 5.94. The van der Waals surface area contributed by atoms with Crippen molar-refractivity contribution in [1.82, 2.24) is 9.62 Å². The van der Waals surface area contributed by atoms with E-state index in [9.17, 15) is 8.42 Å². The minimum Gasteiger partial charge on any atom is -0.494 e. The maximum absolute atomic E-state index is 12.7. The summed E-state index contributed by atoms with van der Waals surface area (Å²) in [6.07, 6.45) is 0.952. The van der Waals surface area contributed by atoms with Crippen LogP contribution in [0.3, 0.4) is 0 Å². The van der Waals surface area contributed by atoms with Gasteiger partial charge in [-0.15, -0.1) is 0 Å². The Kier molecular flexibility index (Phi) is 4.19. The highest BCUT2D eigenvalue weighted by Gasteiger charge is 2.37. The Balaban J connectivity index is 1.76. The van der Waals surface area contributed by atoms with Crippen molar-refractivity contribution in [2.45, 2.75) is 18.2 Å². The van der Waals surface area contributed by atoms with Gasteiger partial charge >= 0.3 is 0 Å². The summed E-state index contributed by atoms with van der Waals surface area (Å²) < 4.78 is 32.4. The van der Waals surface area contributed by atoms with Gasteiger partial charge in [0.05, 0.1) is 11.5 Å². The van der Waals surface area contributed by atoms with Crippen molar-refractivity contribution < 1.29 is 13.2 Å². The first-order valence-electron chi connectivity index (χ1n) is 7.55. The molecule has 21 heavy (non-hydrogen) atoms. The van der Waals surface area contributed by atoms with Crippen LogP contribution in [0.2, 0.25) is 0 Å². The number of nitrogens with zero attached hydrogens (tertiary/aromatic N) is 1. The second-order valence-electron chi connectivity index (χ2n) is 5.73. The zero-order valence-electron chi connectivity index (χ0n) is 12.3.